The number of hydrogen-bond donors (Lipinski definition) is 2. The average molecular weight is 496 g/mol. The molecule has 1 aliphatic carbocycles. The molecule has 2 unspecified atom stereocenters. The van der Waals surface area contributed by atoms with Gasteiger partial charge in [0.25, 0.3) is 6.47 Å². The summed E-state index contributed by atoms with van der Waals surface area (Å²) in [6.45, 7) is -0.250. The van der Waals surface area contributed by atoms with Crippen molar-refractivity contribution >= 4 is 35.4 Å². The van der Waals surface area contributed by atoms with Crippen LogP contribution in [-0.2, 0) is 15.8 Å². The number of thioether (sulfide) groups is 1. The van der Waals surface area contributed by atoms with E-state index in [2.05, 4.69) is 35.7 Å². The number of amides is 1. The maximum Gasteiger partial charge on any atom is 0.416 e. The molecule has 0 bridgehead atoms. The van der Waals surface area contributed by atoms with Gasteiger partial charge in [0, 0.05) is 17.4 Å². The Morgan fingerprint density at radius 3 is 2.41 bits per heavy atom. The number of carbonyl (C=O) groups excluding carboxylic acids is 1. The lowest BCUT2D eigenvalue weighted by Crippen LogP contribution is -2.28. The van der Waals surface area contributed by atoms with Gasteiger partial charge in [-0.25, -0.2) is 4.39 Å². The Labute approximate surface area is 199 Å². The lowest BCUT2D eigenvalue weighted by Gasteiger charge is -2.29. The molecule has 182 valence electrons. The molecule has 0 saturated heterocycles. The third kappa shape index (κ3) is 6.62. The lowest BCUT2D eigenvalue weighted by atomic mass is 9.77. The fourth-order valence-electron chi connectivity index (χ4n) is 4.32. The van der Waals surface area contributed by atoms with Crippen LogP contribution in [0.2, 0.25) is 0 Å². The molecule has 4 rings (SSSR count). The summed E-state index contributed by atoms with van der Waals surface area (Å²) in [5.41, 5.74) is 2.49. The summed E-state index contributed by atoms with van der Waals surface area (Å²) in [6, 6.07) is 10.7. The molecule has 4 nitrogen and oxygen atoms in total. The number of halogens is 4. The van der Waals surface area contributed by atoms with Gasteiger partial charge in [-0.05, 0) is 60.1 Å². The fraction of sp³-hybridized carbons (Fsp3) is 0.360. The Kier molecular flexibility index (Phi) is 8.77. The van der Waals surface area contributed by atoms with E-state index in [0.717, 1.165) is 36.5 Å². The quantitative estimate of drug-likeness (QED) is 0.371. The van der Waals surface area contributed by atoms with Gasteiger partial charge in [0.15, 0.2) is 0 Å². The van der Waals surface area contributed by atoms with Gasteiger partial charge in [-0.1, -0.05) is 36.8 Å². The molecule has 1 aliphatic heterocycles. The summed E-state index contributed by atoms with van der Waals surface area (Å²) in [5, 5.41) is 9.37. The predicted octanol–water partition coefficient (Wildman–Crippen LogP) is 6.59. The van der Waals surface area contributed by atoms with Crippen LogP contribution in [-0.4, -0.2) is 29.0 Å². The molecule has 1 fully saturated rings. The van der Waals surface area contributed by atoms with Crippen molar-refractivity contribution in [2.45, 2.75) is 37.8 Å². The van der Waals surface area contributed by atoms with Gasteiger partial charge in [-0.2, -0.15) is 24.9 Å². The second kappa shape index (κ2) is 11.6. The van der Waals surface area contributed by atoms with Crippen molar-refractivity contribution in [1.29, 1.82) is 0 Å². The van der Waals surface area contributed by atoms with Crippen molar-refractivity contribution in [1.82, 2.24) is 0 Å². The second-order valence-corrected chi connectivity index (χ2v) is 9.24. The van der Waals surface area contributed by atoms with Gasteiger partial charge in [0.2, 0.25) is 5.91 Å². The fourth-order valence-corrected chi connectivity index (χ4v) is 5.26. The zero-order valence-corrected chi connectivity index (χ0v) is 19.1. The van der Waals surface area contributed by atoms with Crippen LogP contribution in [0.4, 0.5) is 23.2 Å². The standard InChI is InChI=1S/C24H23F4NOS.CH2O2/c25-21-13-20(24(26,27)28)8-9-22(21)29-23(30)18-3-1-2-17(12-18)15-4-6-16(7-5-15)19-10-11-31-14-19;2-1-3/h4-10,13,17-18H,1-3,11-12,14H2,(H,29,30);1H,(H,2,3). The summed E-state index contributed by atoms with van der Waals surface area (Å²) in [5.74, 6) is 0.609. The van der Waals surface area contributed by atoms with E-state index in [4.69, 9.17) is 9.90 Å². The Balaban J connectivity index is 0.00000103. The number of rotatable bonds is 4. The highest BCUT2D eigenvalue weighted by molar-refractivity contribution is 8.00. The van der Waals surface area contributed by atoms with E-state index in [9.17, 15) is 22.4 Å². The lowest BCUT2D eigenvalue weighted by molar-refractivity contribution is -0.137. The highest BCUT2D eigenvalue weighted by Gasteiger charge is 2.32. The minimum Gasteiger partial charge on any atom is -0.483 e. The van der Waals surface area contributed by atoms with E-state index in [-0.39, 0.29) is 29.9 Å². The van der Waals surface area contributed by atoms with Crippen molar-refractivity contribution in [2.24, 2.45) is 5.92 Å². The van der Waals surface area contributed by atoms with Crippen molar-refractivity contribution in [3.05, 3.63) is 71.0 Å². The molecule has 1 saturated carbocycles. The van der Waals surface area contributed by atoms with Gasteiger partial charge in [0.1, 0.15) is 5.82 Å². The maximum absolute atomic E-state index is 14.1. The van der Waals surface area contributed by atoms with E-state index in [1.165, 1.54) is 16.7 Å². The molecule has 2 aromatic rings. The minimum atomic E-state index is -4.62. The van der Waals surface area contributed by atoms with Crippen molar-refractivity contribution in [3.63, 3.8) is 0 Å². The maximum atomic E-state index is 14.1. The van der Waals surface area contributed by atoms with Gasteiger partial charge in [-0.15, -0.1) is 0 Å². The first kappa shape index (κ1) is 25.8. The van der Waals surface area contributed by atoms with E-state index < -0.39 is 17.6 Å². The van der Waals surface area contributed by atoms with Crippen molar-refractivity contribution in [2.75, 3.05) is 16.8 Å². The van der Waals surface area contributed by atoms with Gasteiger partial charge >= 0.3 is 6.18 Å². The van der Waals surface area contributed by atoms with Crippen LogP contribution in [0.15, 0.2) is 48.5 Å². The molecular formula is C25H25F4NO3S. The van der Waals surface area contributed by atoms with Crippen molar-refractivity contribution < 1.29 is 32.3 Å². The molecule has 0 radical (unpaired) electrons. The molecule has 0 spiro atoms. The molecule has 2 aliphatic rings. The van der Waals surface area contributed by atoms with E-state index >= 15 is 0 Å². The van der Waals surface area contributed by atoms with Gasteiger partial charge < -0.3 is 10.4 Å². The summed E-state index contributed by atoms with van der Waals surface area (Å²) < 4.78 is 52.2. The third-order valence-electron chi connectivity index (χ3n) is 6.06. The molecule has 0 aromatic heterocycles. The highest BCUT2D eigenvalue weighted by Crippen LogP contribution is 2.38. The largest absolute Gasteiger partial charge is 0.483 e. The molecule has 1 amide bonds. The Morgan fingerprint density at radius 1 is 1.12 bits per heavy atom. The molecule has 1 heterocycles. The molecule has 2 aromatic carbocycles. The summed E-state index contributed by atoms with van der Waals surface area (Å²) in [4.78, 5) is 21.1. The number of carboxylic acid groups (broad SMARTS) is 1. The first-order chi connectivity index (χ1) is 16.2. The van der Waals surface area contributed by atoms with Crippen LogP contribution in [0, 0.1) is 11.7 Å². The number of carbonyl (C=O) groups is 2. The summed E-state index contributed by atoms with van der Waals surface area (Å²) >= 11 is 1.90. The number of nitrogens with one attached hydrogen (secondary N) is 1. The van der Waals surface area contributed by atoms with Gasteiger partial charge in [0.05, 0.1) is 11.3 Å². The van der Waals surface area contributed by atoms with Crippen LogP contribution in [0.1, 0.15) is 48.3 Å². The van der Waals surface area contributed by atoms with Crippen LogP contribution in [0.3, 0.4) is 0 Å². The molecule has 34 heavy (non-hydrogen) atoms. The molecule has 9 heteroatoms. The Morgan fingerprint density at radius 2 is 1.82 bits per heavy atom. The zero-order chi connectivity index (χ0) is 24.7. The number of benzene rings is 2. The summed E-state index contributed by atoms with van der Waals surface area (Å²) in [7, 11) is 0. The third-order valence-corrected chi connectivity index (χ3v) is 6.97. The first-order valence-electron chi connectivity index (χ1n) is 10.9. The molecule has 2 N–H and O–H groups in total. The average Bonchev–Trinajstić information content (AvgIpc) is 3.35. The monoisotopic (exact) mass is 495 g/mol. The number of anilines is 1. The van der Waals surface area contributed by atoms with E-state index in [1.54, 1.807) is 0 Å². The minimum absolute atomic E-state index is 0.216. The van der Waals surface area contributed by atoms with Crippen LogP contribution >= 0.6 is 11.8 Å². The predicted molar refractivity (Wildman–Crippen MR) is 125 cm³/mol. The Bertz CT molecular complexity index is 1040. The van der Waals surface area contributed by atoms with Crippen LogP contribution < -0.4 is 5.32 Å². The smallest absolute Gasteiger partial charge is 0.416 e. The van der Waals surface area contributed by atoms with Gasteiger partial charge in [-0.3, -0.25) is 9.59 Å². The van der Waals surface area contributed by atoms with Crippen molar-refractivity contribution in [3.8, 4) is 0 Å². The number of alkyl halides is 3. The number of hydrogen-bond acceptors (Lipinski definition) is 3. The van der Waals surface area contributed by atoms with E-state index in [0.29, 0.717) is 18.9 Å². The topological polar surface area (TPSA) is 66.4 Å². The zero-order valence-electron chi connectivity index (χ0n) is 18.3. The summed E-state index contributed by atoms with van der Waals surface area (Å²) in [6.07, 6.45) is 0.820. The first-order valence-corrected chi connectivity index (χ1v) is 12.0. The molecule has 2 atom stereocenters. The second-order valence-electron chi connectivity index (χ2n) is 8.21. The molecular weight excluding hydrogens is 470 g/mol. The SMILES string of the molecule is O=C(Nc1ccc(C(F)(F)F)cc1F)C1CCCC(c2ccc(C3=CCSC3)cc2)C1.O=CO. The van der Waals surface area contributed by atoms with Crippen LogP contribution in [0.5, 0.6) is 0 Å². The van der Waals surface area contributed by atoms with Crippen LogP contribution in [0.25, 0.3) is 5.57 Å². The van der Waals surface area contributed by atoms with E-state index in [1.807, 2.05) is 11.8 Å². The normalized spacial score (nSPS) is 20.1. The highest BCUT2D eigenvalue weighted by atomic mass is 32.2. The Hall–Kier alpha value is -2.81.